The normalized spacial score (nSPS) is 21.4. The van der Waals surface area contributed by atoms with Gasteiger partial charge in [-0.2, -0.15) is 0 Å². The lowest BCUT2D eigenvalue weighted by Crippen LogP contribution is -2.16. The molecule has 1 saturated heterocycles. The van der Waals surface area contributed by atoms with Crippen molar-refractivity contribution in [1.29, 1.82) is 0 Å². The van der Waals surface area contributed by atoms with Gasteiger partial charge < -0.3 is 10.1 Å². The van der Waals surface area contributed by atoms with E-state index >= 15 is 0 Å². The van der Waals surface area contributed by atoms with Gasteiger partial charge in [-0.25, -0.2) is 4.39 Å². The third-order valence-electron chi connectivity index (χ3n) is 2.45. The van der Waals surface area contributed by atoms with Crippen molar-refractivity contribution in [3.05, 3.63) is 35.6 Å². The van der Waals surface area contributed by atoms with Gasteiger partial charge in [-0.15, -0.1) is 0 Å². The summed E-state index contributed by atoms with van der Waals surface area (Å²) in [5.74, 6) is -0.182. The molecule has 1 aromatic rings. The fourth-order valence-corrected chi connectivity index (χ4v) is 1.59. The molecule has 14 heavy (non-hydrogen) atoms. The largest absolute Gasteiger partial charge is 0.372 e. The molecule has 1 aliphatic rings. The van der Waals surface area contributed by atoms with Crippen molar-refractivity contribution < 1.29 is 9.13 Å². The summed E-state index contributed by atoms with van der Waals surface area (Å²) in [5, 5.41) is 3.20. The molecule has 1 fully saturated rings. The molecule has 76 valence electrons. The molecule has 0 bridgehead atoms. The third-order valence-corrected chi connectivity index (χ3v) is 2.45. The zero-order valence-electron chi connectivity index (χ0n) is 8.00. The molecular formula is C11H14FNO. The summed E-state index contributed by atoms with van der Waals surface area (Å²) in [6.45, 7) is 2.26. The maximum Gasteiger partial charge on any atom is 0.128 e. The molecular weight excluding hydrogens is 181 g/mol. The Kier molecular flexibility index (Phi) is 3.11. The molecule has 1 aromatic carbocycles. The van der Waals surface area contributed by atoms with Gasteiger partial charge in [-0.1, -0.05) is 18.2 Å². The zero-order chi connectivity index (χ0) is 9.80. The van der Waals surface area contributed by atoms with E-state index in [1.165, 1.54) is 6.07 Å². The fraction of sp³-hybridized carbons (Fsp3) is 0.455. The molecule has 2 rings (SSSR count). The SMILES string of the molecule is Fc1ccccc1COC1CCNC1. The standard InChI is InChI=1S/C11H14FNO/c12-11-4-2-1-3-9(11)8-14-10-5-6-13-7-10/h1-4,10,13H,5-8H2. The molecule has 3 heteroatoms. The summed E-state index contributed by atoms with van der Waals surface area (Å²) in [4.78, 5) is 0. The van der Waals surface area contributed by atoms with E-state index in [1.807, 2.05) is 6.07 Å². The Balaban J connectivity index is 1.88. The van der Waals surface area contributed by atoms with Crippen LogP contribution in [0.3, 0.4) is 0 Å². The number of nitrogens with one attached hydrogen (secondary N) is 1. The van der Waals surface area contributed by atoms with E-state index in [0.717, 1.165) is 19.5 Å². The van der Waals surface area contributed by atoms with Gasteiger partial charge in [-0.3, -0.25) is 0 Å². The predicted molar refractivity (Wildman–Crippen MR) is 52.5 cm³/mol. The average molecular weight is 195 g/mol. The molecule has 0 aliphatic carbocycles. The van der Waals surface area contributed by atoms with Gasteiger partial charge in [0.1, 0.15) is 5.82 Å². The highest BCUT2D eigenvalue weighted by molar-refractivity contribution is 5.16. The summed E-state index contributed by atoms with van der Waals surface area (Å²) in [6.07, 6.45) is 1.27. The minimum absolute atomic E-state index is 0.182. The van der Waals surface area contributed by atoms with E-state index in [1.54, 1.807) is 12.1 Å². The van der Waals surface area contributed by atoms with Gasteiger partial charge in [0.25, 0.3) is 0 Å². The second-order valence-electron chi connectivity index (χ2n) is 3.52. The van der Waals surface area contributed by atoms with Crippen LogP contribution >= 0.6 is 0 Å². The lowest BCUT2D eigenvalue weighted by atomic mass is 10.2. The summed E-state index contributed by atoms with van der Waals surface area (Å²) >= 11 is 0. The minimum Gasteiger partial charge on any atom is -0.372 e. The van der Waals surface area contributed by atoms with Crippen LogP contribution in [0, 0.1) is 5.82 Å². The second kappa shape index (κ2) is 4.53. The number of hydrogen-bond donors (Lipinski definition) is 1. The maximum absolute atomic E-state index is 13.2. The van der Waals surface area contributed by atoms with E-state index in [9.17, 15) is 4.39 Å². The van der Waals surface area contributed by atoms with E-state index in [2.05, 4.69) is 5.32 Å². The lowest BCUT2D eigenvalue weighted by molar-refractivity contribution is 0.0525. The lowest BCUT2D eigenvalue weighted by Gasteiger charge is -2.10. The molecule has 1 atom stereocenters. The molecule has 1 unspecified atom stereocenters. The Bertz CT molecular complexity index is 297. The van der Waals surface area contributed by atoms with Crippen molar-refractivity contribution in [3.8, 4) is 0 Å². The average Bonchev–Trinajstić information content (AvgIpc) is 2.69. The van der Waals surface area contributed by atoms with Crippen molar-refractivity contribution in [3.63, 3.8) is 0 Å². The van der Waals surface area contributed by atoms with Crippen LogP contribution in [0.5, 0.6) is 0 Å². The molecule has 0 aromatic heterocycles. The quantitative estimate of drug-likeness (QED) is 0.792. The smallest absolute Gasteiger partial charge is 0.128 e. The van der Waals surface area contributed by atoms with E-state index in [4.69, 9.17) is 4.74 Å². The van der Waals surface area contributed by atoms with Crippen LogP contribution in [0.4, 0.5) is 4.39 Å². The summed E-state index contributed by atoms with van der Waals surface area (Å²) in [6, 6.07) is 6.74. The molecule has 1 N–H and O–H groups in total. The van der Waals surface area contributed by atoms with Crippen LogP contribution in [0.2, 0.25) is 0 Å². The van der Waals surface area contributed by atoms with E-state index in [0.29, 0.717) is 12.2 Å². The van der Waals surface area contributed by atoms with Gasteiger partial charge in [0.15, 0.2) is 0 Å². The Morgan fingerprint density at radius 2 is 2.29 bits per heavy atom. The molecule has 0 saturated carbocycles. The first-order valence-electron chi connectivity index (χ1n) is 4.92. The van der Waals surface area contributed by atoms with Crippen molar-refractivity contribution in [1.82, 2.24) is 5.32 Å². The Hall–Kier alpha value is -0.930. The van der Waals surface area contributed by atoms with Crippen LogP contribution in [0.25, 0.3) is 0 Å². The van der Waals surface area contributed by atoms with E-state index in [-0.39, 0.29) is 11.9 Å². The van der Waals surface area contributed by atoms with E-state index < -0.39 is 0 Å². The van der Waals surface area contributed by atoms with Gasteiger partial charge >= 0.3 is 0 Å². The molecule has 2 nitrogen and oxygen atoms in total. The Labute approximate surface area is 83.1 Å². The highest BCUT2D eigenvalue weighted by Crippen LogP contribution is 2.11. The van der Waals surface area contributed by atoms with Crippen LogP contribution < -0.4 is 5.32 Å². The molecule has 0 amide bonds. The molecule has 1 heterocycles. The number of benzene rings is 1. The van der Waals surface area contributed by atoms with Crippen LogP contribution in [0.1, 0.15) is 12.0 Å². The van der Waals surface area contributed by atoms with Crippen molar-refractivity contribution in [2.24, 2.45) is 0 Å². The third kappa shape index (κ3) is 2.30. The number of hydrogen-bond acceptors (Lipinski definition) is 2. The summed E-state index contributed by atoms with van der Waals surface area (Å²) in [5.41, 5.74) is 0.638. The number of rotatable bonds is 3. The first-order valence-corrected chi connectivity index (χ1v) is 4.92. The zero-order valence-corrected chi connectivity index (χ0v) is 8.00. The van der Waals surface area contributed by atoms with Crippen LogP contribution in [0.15, 0.2) is 24.3 Å². The van der Waals surface area contributed by atoms with Crippen molar-refractivity contribution in [2.45, 2.75) is 19.1 Å². The van der Waals surface area contributed by atoms with Crippen LogP contribution in [-0.2, 0) is 11.3 Å². The highest BCUT2D eigenvalue weighted by Gasteiger charge is 2.14. The van der Waals surface area contributed by atoms with Gasteiger partial charge in [0, 0.05) is 12.1 Å². The first kappa shape index (κ1) is 9.62. The minimum atomic E-state index is -0.182. The Morgan fingerprint density at radius 1 is 1.43 bits per heavy atom. The monoisotopic (exact) mass is 195 g/mol. The Morgan fingerprint density at radius 3 is 3.00 bits per heavy atom. The maximum atomic E-state index is 13.2. The molecule has 0 spiro atoms. The molecule has 1 aliphatic heterocycles. The molecule has 0 radical (unpaired) electrons. The topological polar surface area (TPSA) is 21.3 Å². The van der Waals surface area contributed by atoms with Crippen molar-refractivity contribution >= 4 is 0 Å². The highest BCUT2D eigenvalue weighted by atomic mass is 19.1. The van der Waals surface area contributed by atoms with Gasteiger partial charge in [-0.05, 0) is 19.0 Å². The second-order valence-corrected chi connectivity index (χ2v) is 3.52. The van der Waals surface area contributed by atoms with Gasteiger partial charge in [0.05, 0.1) is 12.7 Å². The number of halogens is 1. The fourth-order valence-electron chi connectivity index (χ4n) is 1.59. The van der Waals surface area contributed by atoms with Crippen LogP contribution in [-0.4, -0.2) is 19.2 Å². The predicted octanol–water partition coefficient (Wildman–Crippen LogP) is 1.70. The number of ether oxygens (including phenoxy) is 1. The van der Waals surface area contributed by atoms with Crippen molar-refractivity contribution in [2.75, 3.05) is 13.1 Å². The summed E-state index contributed by atoms with van der Waals surface area (Å²) in [7, 11) is 0. The van der Waals surface area contributed by atoms with Gasteiger partial charge in [0.2, 0.25) is 0 Å². The summed E-state index contributed by atoms with van der Waals surface area (Å²) < 4.78 is 18.7. The first-order chi connectivity index (χ1) is 6.86.